The number of amides is 1. The molecule has 2 aliphatic rings. The first kappa shape index (κ1) is 23.4. The lowest BCUT2D eigenvalue weighted by Crippen LogP contribution is -2.57. The monoisotopic (exact) mass is 466 g/mol. The highest BCUT2D eigenvalue weighted by Gasteiger charge is 2.43. The normalized spacial score (nSPS) is 20.3. The largest absolute Gasteiger partial charge is 0.497 e. The Kier molecular flexibility index (Phi) is 7.20. The van der Waals surface area contributed by atoms with Crippen LogP contribution in [0.4, 0.5) is 5.69 Å². The number of methoxy groups -OCH3 is 2. The number of hydrogen-bond acceptors (Lipinski definition) is 8. The summed E-state index contributed by atoms with van der Waals surface area (Å²) >= 11 is 0. The third kappa shape index (κ3) is 4.78. The first-order valence-electron chi connectivity index (χ1n) is 11.4. The van der Waals surface area contributed by atoms with E-state index in [-0.39, 0.29) is 6.61 Å². The van der Waals surface area contributed by atoms with Gasteiger partial charge in [-0.3, -0.25) is 14.9 Å². The minimum absolute atomic E-state index is 0.186. The highest BCUT2D eigenvalue weighted by molar-refractivity contribution is 6.08. The number of piperazine rings is 1. The first-order chi connectivity index (χ1) is 16.5. The van der Waals surface area contributed by atoms with Gasteiger partial charge in [-0.1, -0.05) is 18.2 Å². The quantitative estimate of drug-likeness (QED) is 0.516. The smallest absolute Gasteiger partial charge is 0.321 e. The van der Waals surface area contributed by atoms with E-state index < -0.39 is 23.8 Å². The average Bonchev–Trinajstić information content (AvgIpc) is 2.88. The van der Waals surface area contributed by atoms with Crippen molar-refractivity contribution in [2.45, 2.75) is 13.0 Å². The van der Waals surface area contributed by atoms with E-state index in [1.54, 1.807) is 27.2 Å². The summed E-state index contributed by atoms with van der Waals surface area (Å²) in [6, 6.07) is 14.5. The van der Waals surface area contributed by atoms with E-state index in [0.29, 0.717) is 30.4 Å². The Labute approximate surface area is 199 Å². The van der Waals surface area contributed by atoms with Gasteiger partial charge in [0.05, 0.1) is 20.8 Å². The van der Waals surface area contributed by atoms with Crippen molar-refractivity contribution in [3.63, 3.8) is 0 Å². The van der Waals surface area contributed by atoms with E-state index in [9.17, 15) is 9.59 Å². The molecule has 0 saturated carbocycles. The molecule has 2 aliphatic heterocycles. The van der Waals surface area contributed by atoms with Gasteiger partial charge in [-0.15, -0.1) is 0 Å². The maximum atomic E-state index is 13.1. The maximum Gasteiger partial charge on any atom is 0.321 e. The summed E-state index contributed by atoms with van der Waals surface area (Å²) < 4.78 is 15.9. The fraction of sp³-hybridized carbons (Fsp3) is 0.400. The van der Waals surface area contributed by atoms with Gasteiger partial charge in [-0.25, -0.2) is 4.99 Å². The second-order valence-corrected chi connectivity index (χ2v) is 8.03. The van der Waals surface area contributed by atoms with Gasteiger partial charge in [0.25, 0.3) is 0 Å². The Bertz CT molecular complexity index is 1050. The van der Waals surface area contributed by atoms with Crippen molar-refractivity contribution in [2.24, 2.45) is 10.9 Å². The second kappa shape index (κ2) is 10.5. The number of ether oxygens (including phenoxy) is 3. The number of carbonyl (C=O) groups excluding carboxylic acids is 2. The molecule has 2 aromatic rings. The van der Waals surface area contributed by atoms with Crippen LogP contribution in [-0.4, -0.2) is 69.7 Å². The Morgan fingerprint density at radius 2 is 1.68 bits per heavy atom. The maximum absolute atomic E-state index is 13.1. The Morgan fingerprint density at radius 3 is 2.32 bits per heavy atom. The molecule has 0 aliphatic carbocycles. The minimum atomic E-state index is -1.08. The molecule has 0 spiro atoms. The minimum Gasteiger partial charge on any atom is -0.497 e. The molecule has 0 radical (unpaired) electrons. The number of esters is 1. The van der Waals surface area contributed by atoms with E-state index in [0.717, 1.165) is 24.5 Å². The van der Waals surface area contributed by atoms with Crippen LogP contribution in [0.25, 0.3) is 0 Å². The molecule has 0 unspecified atom stereocenters. The molecular weight excluding hydrogens is 436 g/mol. The van der Waals surface area contributed by atoms with Crippen molar-refractivity contribution < 1.29 is 23.8 Å². The van der Waals surface area contributed by atoms with Gasteiger partial charge in [0.15, 0.2) is 5.92 Å². The number of carbonyl (C=O) groups is 2. The zero-order chi connectivity index (χ0) is 24.1. The number of nitrogens with zero attached hydrogens (tertiary/aromatic N) is 3. The first-order valence-corrected chi connectivity index (χ1v) is 11.4. The second-order valence-electron chi connectivity index (χ2n) is 8.03. The van der Waals surface area contributed by atoms with E-state index in [4.69, 9.17) is 19.2 Å². The standard InChI is InChI=1S/C25H30N4O5/c1-4-34-24(31)21-22(19-7-5-6-8-20(19)33-3)26-25(27-23(21)30)29-15-13-28(14-16-29)17-9-11-18(32-2)12-10-17/h5-12,21-22H,4,13-16H2,1-3H3,(H,26,27,30)/t21-,22-/m1/s1. The molecule has 180 valence electrons. The van der Waals surface area contributed by atoms with Gasteiger partial charge in [0.1, 0.15) is 17.5 Å². The molecule has 1 saturated heterocycles. The molecule has 1 amide bonds. The van der Waals surface area contributed by atoms with Crippen LogP contribution in [-0.2, 0) is 14.3 Å². The molecule has 34 heavy (non-hydrogen) atoms. The predicted octanol–water partition coefficient (Wildman–Crippen LogP) is 2.23. The SMILES string of the molecule is CCOC(=O)[C@H]1C(=O)NC(N2CCN(c3ccc(OC)cc3)CC2)=N[C@@H]1c1ccccc1OC. The number of para-hydroxylation sites is 1. The number of hydrogen-bond donors (Lipinski definition) is 1. The van der Waals surface area contributed by atoms with Crippen LogP contribution in [0.3, 0.4) is 0 Å². The van der Waals surface area contributed by atoms with E-state index in [2.05, 4.69) is 10.2 Å². The summed E-state index contributed by atoms with van der Waals surface area (Å²) in [4.78, 5) is 35.0. The molecule has 9 nitrogen and oxygen atoms in total. The fourth-order valence-electron chi connectivity index (χ4n) is 4.33. The number of anilines is 1. The molecular formula is C25H30N4O5. The van der Waals surface area contributed by atoms with Gasteiger partial charge in [-0.2, -0.15) is 0 Å². The van der Waals surface area contributed by atoms with Gasteiger partial charge in [0.2, 0.25) is 11.9 Å². The summed E-state index contributed by atoms with van der Waals surface area (Å²) in [6.45, 7) is 4.78. The van der Waals surface area contributed by atoms with Crippen molar-refractivity contribution in [3.05, 3.63) is 54.1 Å². The molecule has 2 heterocycles. The Morgan fingerprint density at radius 1 is 1.00 bits per heavy atom. The zero-order valence-corrected chi connectivity index (χ0v) is 19.7. The molecule has 0 bridgehead atoms. The van der Waals surface area contributed by atoms with Crippen molar-refractivity contribution >= 4 is 23.5 Å². The average molecular weight is 467 g/mol. The number of nitrogens with one attached hydrogen (secondary N) is 1. The highest BCUT2D eigenvalue weighted by Crippen LogP contribution is 2.36. The fourth-order valence-corrected chi connectivity index (χ4v) is 4.33. The summed E-state index contributed by atoms with van der Waals surface area (Å²) in [6.07, 6.45) is 0. The van der Waals surface area contributed by atoms with Crippen molar-refractivity contribution in [1.82, 2.24) is 10.2 Å². The topological polar surface area (TPSA) is 92.7 Å². The lowest BCUT2D eigenvalue weighted by molar-refractivity contribution is -0.153. The van der Waals surface area contributed by atoms with E-state index in [1.807, 2.05) is 47.4 Å². The van der Waals surface area contributed by atoms with Gasteiger partial charge < -0.3 is 24.0 Å². The summed E-state index contributed by atoms with van der Waals surface area (Å²) in [5.74, 6) is -0.236. The number of rotatable bonds is 6. The van der Waals surface area contributed by atoms with Gasteiger partial charge in [0, 0.05) is 37.4 Å². The van der Waals surface area contributed by atoms with E-state index >= 15 is 0 Å². The van der Waals surface area contributed by atoms with Crippen LogP contribution >= 0.6 is 0 Å². The van der Waals surface area contributed by atoms with Gasteiger partial charge in [-0.05, 0) is 37.3 Å². The third-order valence-corrected chi connectivity index (χ3v) is 6.11. The summed E-state index contributed by atoms with van der Waals surface area (Å²) in [5, 5.41) is 2.84. The summed E-state index contributed by atoms with van der Waals surface area (Å²) in [5.41, 5.74) is 1.79. The van der Waals surface area contributed by atoms with Gasteiger partial charge >= 0.3 is 5.97 Å². The van der Waals surface area contributed by atoms with Crippen molar-refractivity contribution in [3.8, 4) is 11.5 Å². The van der Waals surface area contributed by atoms with Crippen LogP contribution < -0.4 is 19.7 Å². The molecule has 2 aromatic carbocycles. The zero-order valence-electron chi connectivity index (χ0n) is 19.7. The summed E-state index contributed by atoms with van der Waals surface area (Å²) in [7, 11) is 3.21. The molecule has 2 atom stereocenters. The number of guanidine groups is 1. The molecule has 9 heteroatoms. The van der Waals surface area contributed by atoms with Crippen LogP contribution in [0.1, 0.15) is 18.5 Å². The van der Waals surface area contributed by atoms with Crippen LogP contribution in [0.2, 0.25) is 0 Å². The highest BCUT2D eigenvalue weighted by atomic mass is 16.5. The number of benzene rings is 2. The Hall–Kier alpha value is -3.75. The Balaban J connectivity index is 1.56. The lowest BCUT2D eigenvalue weighted by Gasteiger charge is -2.39. The molecule has 1 N–H and O–H groups in total. The van der Waals surface area contributed by atoms with Crippen molar-refractivity contribution in [1.29, 1.82) is 0 Å². The molecule has 1 fully saturated rings. The van der Waals surface area contributed by atoms with Crippen LogP contribution in [0, 0.1) is 5.92 Å². The predicted molar refractivity (Wildman–Crippen MR) is 128 cm³/mol. The van der Waals surface area contributed by atoms with Crippen LogP contribution in [0.5, 0.6) is 11.5 Å². The van der Waals surface area contributed by atoms with Crippen LogP contribution in [0.15, 0.2) is 53.5 Å². The molecule has 0 aromatic heterocycles. The van der Waals surface area contributed by atoms with E-state index in [1.165, 1.54) is 0 Å². The third-order valence-electron chi connectivity index (χ3n) is 6.11. The number of aliphatic imine (C=N–C) groups is 1. The lowest BCUT2D eigenvalue weighted by atomic mass is 9.90. The molecule has 4 rings (SSSR count). The van der Waals surface area contributed by atoms with Crippen molar-refractivity contribution in [2.75, 3.05) is 51.9 Å².